The number of aromatic nitrogens is 3. The quantitative estimate of drug-likeness (QED) is 0.517. The first-order chi connectivity index (χ1) is 12.6. The van der Waals surface area contributed by atoms with Crippen molar-refractivity contribution in [2.45, 2.75) is 6.42 Å². The summed E-state index contributed by atoms with van der Waals surface area (Å²) in [4.78, 5) is 12.3. The molecule has 0 bridgehead atoms. The third kappa shape index (κ3) is 3.40. The zero-order valence-corrected chi connectivity index (χ0v) is 16.3. The molecule has 4 aromatic rings. The van der Waals surface area contributed by atoms with Crippen LogP contribution in [0, 0.1) is 0 Å². The molecule has 26 heavy (non-hydrogen) atoms. The zero-order chi connectivity index (χ0) is 18.1. The SMILES string of the molecule is Cn1cc(Cc2nnc(NC(=O)c3cccc(Br)c3)s2)c2ccccc21. The van der Waals surface area contributed by atoms with E-state index in [4.69, 9.17) is 0 Å². The normalized spacial score (nSPS) is 11.0. The van der Waals surface area contributed by atoms with Gasteiger partial charge in [0.1, 0.15) is 5.01 Å². The third-order valence-corrected chi connectivity index (χ3v) is 5.43. The number of hydrogen-bond donors (Lipinski definition) is 1. The van der Waals surface area contributed by atoms with Crippen LogP contribution in [0.2, 0.25) is 0 Å². The second-order valence-corrected chi connectivity index (χ2v) is 7.90. The highest BCUT2D eigenvalue weighted by atomic mass is 79.9. The van der Waals surface area contributed by atoms with E-state index in [0.29, 0.717) is 17.1 Å². The lowest BCUT2D eigenvalue weighted by Crippen LogP contribution is -2.11. The second kappa shape index (κ2) is 7.01. The summed E-state index contributed by atoms with van der Waals surface area (Å²) in [6, 6.07) is 15.5. The van der Waals surface area contributed by atoms with Crippen LogP contribution in [-0.4, -0.2) is 20.7 Å². The van der Waals surface area contributed by atoms with Crippen molar-refractivity contribution in [1.82, 2.24) is 14.8 Å². The summed E-state index contributed by atoms with van der Waals surface area (Å²) >= 11 is 4.77. The zero-order valence-electron chi connectivity index (χ0n) is 13.9. The molecule has 0 aliphatic carbocycles. The summed E-state index contributed by atoms with van der Waals surface area (Å²) in [5, 5.41) is 13.7. The Bertz CT molecular complexity index is 1100. The minimum Gasteiger partial charge on any atom is -0.350 e. The van der Waals surface area contributed by atoms with Gasteiger partial charge in [-0.3, -0.25) is 10.1 Å². The van der Waals surface area contributed by atoms with Gasteiger partial charge in [0.05, 0.1) is 0 Å². The van der Waals surface area contributed by atoms with Crippen LogP contribution in [0.5, 0.6) is 0 Å². The number of benzene rings is 2. The average Bonchev–Trinajstić information content (AvgIpc) is 3.20. The highest BCUT2D eigenvalue weighted by Crippen LogP contribution is 2.25. The largest absolute Gasteiger partial charge is 0.350 e. The van der Waals surface area contributed by atoms with Gasteiger partial charge in [-0.1, -0.05) is 51.5 Å². The molecule has 2 aromatic heterocycles. The molecule has 0 spiro atoms. The minimum absolute atomic E-state index is 0.195. The van der Waals surface area contributed by atoms with Crippen molar-refractivity contribution < 1.29 is 4.79 Å². The van der Waals surface area contributed by atoms with Crippen LogP contribution in [0.1, 0.15) is 20.9 Å². The predicted molar refractivity (Wildman–Crippen MR) is 108 cm³/mol. The molecule has 0 radical (unpaired) electrons. The van der Waals surface area contributed by atoms with Crippen LogP contribution in [0.3, 0.4) is 0 Å². The van der Waals surface area contributed by atoms with Gasteiger partial charge >= 0.3 is 0 Å². The monoisotopic (exact) mass is 426 g/mol. The Kier molecular flexibility index (Phi) is 4.57. The standard InChI is InChI=1S/C19H15BrN4OS/c1-24-11-13(15-7-2-3-8-16(15)24)10-17-22-23-19(26-17)21-18(25)12-5-4-6-14(20)9-12/h2-9,11H,10H2,1H3,(H,21,23,25). The molecule has 1 N–H and O–H groups in total. The van der Waals surface area contributed by atoms with Gasteiger partial charge < -0.3 is 4.57 Å². The molecule has 130 valence electrons. The van der Waals surface area contributed by atoms with E-state index in [1.54, 1.807) is 12.1 Å². The Labute approximate surface area is 162 Å². The van der Waals surface area contributed by atoms with Crippen molar-refractivity contribution in [1.29, 1.82) is 0 Å². The third-order valence-electron chi connectivity index (χ3n) is 4.10. The summed E-state index contributed by atoms with van der Waals surface area (Å²) < 4.78 is 2.97. The van der Waals surface area contributed by atoms with Gasteiger partial charge in [-0.05, 0) is 29.8 Å². The van der Waals surface area contributed by atoms with Gasteiger partial charge in [0.2, 0.25) is 5.13 Å². The first-order valence-electron chi connectivity index (χ1n) is 8.02. The fraction of sp³-hybridized carbons (Fsp3) is 0.105. The van der Waals surface area contributed by atoms with Crippen molar-refractivity contribution in [2.75, 3.05) is 5.32 Å². The van der Waals surface area contributed by atoms with E-state index >= 15 is 0 Å². The van der Waals surface area contributed by atoms with E-state index in [-0.39, 0.29) is 5.91 Å². The maximum Gasteiger partial charge on any atom is 0.257 e. The number of aryl methyl sites for hydroxylation is 1. The molecule has 5 nitrogen and oxygen atoms in total. The van der Waals surface area contributed by atoms with E-state index in [0.717, 1.165) is 9.48 Å². The molecule has 1 amide bonds. The Morgan fingerprint density at radius 2 is 2.04 bits per heavy atom. The van der Waals surface area contributed by atoms with E-state index in [1.165, 1.54) is 27.8 Å². The molecule has 2 heterocycles. The van der Waals surface area contributed by atoms with E-state index in [1.807, 2.05) is 31.3 Å². The molecule has 0 saturated carbocycles. The lowest BCUT2D eigenvalue weighted by atomic mass is 10.1. The fourth-order valence-corrected chi connectivity index (χ4v) is 4.06. The van der Waals surface area contributed by atoms with Gasteiger partial charge in [0.25, 0.3) is 5.91 Å². The molecule has 7 heteroatoms. The number of nitrogens with zero attached hydrogens (tertiary/aromatic N) is 3. The van der Waals surface area contributed by atoms with E-state index in [2.05, 4.69) is 54.3 Å². The highest BCUT2D eigenvalue weighted by Gasteiger charge is 2.13. The number of hydrogen-bond acceptors (Lipinski definition) is 4. The molecule has 0 aliphatic rings. The second-order valence-electron chi connectivity index (χ2n) is 5.92. The van der Waals surface area contributed by atoms with Crippen molar-refractivity contribution >= 4 is 49.2 Å². The van der Waals surface area contributed by atoms with Crippen molar-refractivity contribution in [3.8, 4) is 0 Å². The lowest BCUT2D eigenvalue weighted by Gasteiger charge is -2.01. The van der Waals surface area contributed by atoms with Gasteiger partial charge in [-0.2, -0.15) is 0 Å². The number of rotatable bonds is 4. The number of carbonyl (C=O) groups is 1. The molecule has 0 unspecified atom stereocenters. The summed E-state index contributed by atoms with van der Waals surface area (Å²) in [6.07, 6.45) is 2.80. The number of fused-ring (bicyclic) bond motifs is 1. The number of nitrogens with one attached hydrogen (secondary N) is 1. The maximum atomic E-state index is 12.3. The topological polar surface area (TPSA) is 59.8 Å². The Morgan fingerprint density at radius 1 is 1.19 bits per heavy atom. The molecular weight excluding hydrogens is 412 g/mol. The summed E-state index contributed by atoms with van der Waals surface area (Å²) in [6.45, 7) is 0. The molecule has 0 atom stereocenters. The Morgan fingerprint density at radius 3 is 2.88 bits per heavy atom. The number of anilines is 1. The maximum absolute atomic E-state index is 12.3. The van der Waals surface area contributed by atoms with Crippen LogP contribution in [0.25, 0.3) is 10.9 Å². The van der Waals surface area contributed by atoms with E-state index in [9.17, 15) is 4.79 Å². The molecule has 0 aliphatic heterocycles. The first-order valence-corrected chi connectivity index (χ1v) is 9.63. The minimum atomic E-state index is -0.195. The highest BCUT2D eigenvalue weighted by molar-refractivity contribution is 9.10. The molecule has 4 rings (SSSR count). The number of amides is 1. The van der Waals surface area contributed by atoms with Gasteiger partial charge in [-0.15, -0.1) is 10.2 Å². The van der Waals surface area contributed by atoms with Gasteiger partial charge in [-0.25, -0.2) is 0 Å². The average molecular weight is 427 g/mol. The molecular formula is C19H15BrN4OS. The Balaban J connectivity index is 1.52. The summed E-state index contributed by atoms with van der Waals surface area (Å²) in [7, 11) is 2.04. The smallest absolute Gasteiger partial charge is 0.257 e. The summed E-state index contributed by atoms with van der Waals surface area (Å²) in [5.41, 5.74) is 2.96. The Hall–Kier alpha value is -2.51. The van der Waals surface area contributed by atoms with Crippen molar-refractivity contribution in [3.05, 3.63) is 75.3 Å². The van der Waals surface area contributed by atoms with Crippen molar-refractivity contribution in [3.63, 3.8) is 0 Å². The predicted octanol–water partition coefficient (Wildman–Crippen LogP) is 4.64. The van der Waals surface area contributed by atoms with Gasteiger partial charge in [0, 0.05) is 40.6 Å². The number of halogens is 1. The van der Waals surface area contributed by atoms with Crippen LogP contribution in [0.4, 0.5) is 5.13 Å². The fourth-order valence-electron chi connectivity index (χ4n) is 2.90. The van der Waals surface area contributed by atoms with Crippen LogP contribution in [0.15, 0.2) is 59.2 Å². The number of carbonyl (C=O) groups excluding carboxylic acids is 1. The summed E-state index contributed by atoms with van der Waals surface area (Å²) in [5.74, 6) is -0.195. The molecule has 0 fully saturated rings. The van der Waals surface area contributed by atoms with Gasteiger partial charge in [0.15, 0.2) is 0 Å². The van der Waals surface area contributed by atoms with Crippen molar-refractivity contribution in [2.24, 2.45) is 7.05 Å². The van der Waals surface area contributed by atoms with E-state index < -0.39 is 0 Å². The van der Waals surface area contributed by atoms with Crippen LogP contribution >= 0.6 is 27.3 Å². The molecule has 2 aromatic carbocycles. The molecule has 0 saturated heterocycles. The first kappa shape index (κ1) is 16.9. The van der Waals surface area contributed by atoms with Crippen LogP contribution < -0.4 is 5.32 Å². The van der Waals surface area contributed by atoms with Crippen LogP contribution in [-0.2, 0) is 13.5 Å². The lowest BCUT2D eigenvalue weighted by molar-refractivity contribution is 0.102. The number of para-hydroxylation sites is 1.